The van der Waals surface area contributed by atoms with Crippen LogP contribution in [0.3, 0.4) is 0 Å². The first-order valence-electron chi connectivity index (χ1n) is 7.74. The van der Waals surface area contributed by atoms with Gasteiger partial charge in [0.25, 0.3) is 0 Å². The molecule has 4 nitrogen and oxygen atoms in total. The summed E-state index contributed by atoms with van der Waals surface area (Å²) in [6.45, 7) is 5.58. The van der Waals surface area contributed by atoms with E-state index in [4.69, 9.17) is 0 Å². The van der Waals surface area contributed by atoms with Crippen LogP contribution in [0.15, 0.2) is 48.5 Å². The van der Waals surface area contributed by atoms with Gasteiger partial charge >= 0.3 is 0 Å². The Morgan fingerprint density at radius 2 is 1.70 bits per heavy atom. The minimum atomic E-state index is -3.26. The molecule has 0 fully saturated rings. The van der Waals surface area contributed by atoms with Crippen LogP contribution in [0.4, 0.5) is 0 Å². The zero-order chi connectivity index (χ0) is 16.7. The second-order valence-electron chi connectivity index (χ2n) is 5.73. The summed E-state index contributed by atoms with van der Waals surface area (Å²) in [5.74, 6) is 0.0741. The van der Waals surface area contributed by atoms with E-state index in [1.807, 2.05) is 30.3 Å². The molecule has 2 N–H and O–H groups in total. The zero-order valence-corrected chi connectivity index (χ0v) is 14.5. The van der Waals surface area contributed by atoms with E-state index in [2.05, 4.69) is 42.1 Å². The molecule has 0 spiro atoms. The van der Waals surface area contributed by atoms with E-state index < -0.39 is 10.0 Å². The van der Waals surface area contributed by atoms with Gasteiger partial charge in [-0.05, 0) is 30.5 Å². The number of hydrogen-bond donors (Lipinski definition) is 2. The van der Waals surface area contributed by atoms with Gasteiger partial charge in [0.15, 0.2) is 0 Å². The molecular weight excluding hydrogens is 308 g/mol. The fourth-order valence-corrected chi connectivity index (χ4v) is 3.28. The minimum Gasteiger partial charge on any atom is -0.312 e. The molecule has 23 heavy (non-hydrogen) atoms. The van der Waals surface area contributed by atoms with E-state index in [0.29, 0.717) is 19.6 Å². The van der Waals surface area contributed by atoms with Crippen molar-refractivity contribution in [2.45, 2.75) is 26.9 Å². The van der Waals surface area contributed by atoms with Gasteiger partial charge in [-0.1, -0.05) is 54.1 Å². The van der Waals surface area contributed by atoms with Crippen molar-refractivity contribution in [1.82, 2.24) is 10.0 Å². The van der Waals surface area contributed by atoms with Gasteiger partial charge in [-0.25, -0.2) is 13.1 Å². The Morgan fingerprint density at radius 3 is 2.39 bits per heavy atom. The molecule has 0 aliphatic rings. The van der Waals surface area contributed by atoms with Gasteiger partial charge in [-0.2, -0.15) is 0 Å². The van der Waals surface area contributed by atoms with E-state index >= 15 is 0 Å². The van der Waals surface area contributed by atoms with Crippen LogP contribution in [0.5, 0.6) is 0 Å². The van der Waals surface area contributed by atoms with Crippen LogP contribution < -0.4 is 10.0 Å². The average Bonchev–Trinajstić information content (AvgIpc) is 2.52. The van der Waals surface area contributed by atoms with Crippen molar-refractivity contribution in [2.75, 3.05) is 12.3 Å². The molecule has 0 saturated heterocycles. The van der Waals surface area contributed by atoms with Crippen LogP contribution in [0.1, 0.15) is 22.3 Å². The highest BCUT2D eigenvalue weighted by atomic mass is 32.2. The Labute approximate surface area is 139 Å². The third-order valence-electron chi connectivity index (χ3n) is 3.70. The predicted octanol–water partition coefficient (Wildman–Crippen LogP) is 2.51. The molecule has 5 heteroatoms. The van der Waals surface area contributed by atoms with Crippen LogP contribution in [-0.2, 0) is 23.1 Å². The van der Waals surface area contributed by atoms with Gasteiger partial charge in [-0.3, -0.25) is 0 Å². The molecule has 0 unspecified atom stereocenters. The van der Waals surface area contributed by atoms with E-state index in [1.54, 1.807) is 0 Å². The highest BCUT2D eigenvalue weighted by molar-refractivity contribution is 7.89. The third kappa shape index (κ3) is 6.14. The van der Waals surface area contributed by atoms with Crippen molar-refractivity contribution in [3.8, 4) is 0 Å². The Hall–Kier alpha value is -1.69. The quantitative estimate of drug-likeness (QED) is 0.730. The largest absolute Gasteiger partial charge is 0.312 e. The van der Waals surface area contributed by atoms with Crippen LogP contribution >= 0.6 is 0 Å². The monoisotopic (exact) mass is 332 g/mol. The highest BCUT2D eigenvalue weighted by Crippen LogP contribution is 2.09. The van der Waals surface area contributed by atoms with Gasteiger partial charge in [-0.15, -0.1) is 0 Å². The number of nitrogens with one attached hydrogen (secondary N) is 2. The lowest BCUT2D eigenvalue weighted by Gasteiger charge is -2.10. The zero-order valence-electron chi connectivity index (χ0n) is 13.7. The SMILES string of the molecule is Cc1ccc(CNCCS(=O)(=O)NCc2ccccc2)c(C)c1. The Bertz CT molecular complexity index is 728. The topological polar surface area (TPSA) is 58.2 Å². The normalized spacial score (nSPS) is 11.6. The minimum absolute atomic E-state index is 0.0741. The molecule has 0 atom stereocenters. The number of hydrogen-bond acceptors (Lipinski definition) is 3. The number of rotatable bonds is 8. The van der Waals surface area contributed by atoms with E-state index in [9.17, 15) is 8.42 Å². The lowest BCUT2D eigenvalue weighted by molar-refractivity contribution is 0.576. The summed E-state index contributed by atoms with van der Waals surface area (Å²) in [6.07, 6.45) is 0. The summed E-state index contributed by atoms with van der Waals surface area (Å²) >= 11 is 0. The number of benzene rings is 2. The van der Waals surface area contributed by atoms with Crippen LogP contribution in [0.25, 0.3) is 0 Å². The molecule has 2 rings (SSSR count). The molecule has 2 aromatic rings. The lowest BCUT2D eigenvalue weighted by atomic mass is 10.1. The standard InChI is InChI=1S/C18H24N2O2S/c1-15-8-9-18(16(2)12-15)14-19-10-11-23(21,22)20-13-17-6-4-3-5-7-17/h3-9,12,19-20H,10-11,13-14H2,1-2H3. The number of aryl methyl sites for hydroxylation is 2. The van der Waals surface area contributed by atoms with Gasteiger partial charge in [0, 0.05) is 19.6 Å². The molecule has 0 saturated carbocycles. The Balaban J connectivity index is 1.74. The second kappa shape index (κ2) is 8.24. The summed E-state index contributed by atoms with van der Waals surface area (Å²) < 4.78 is 26.6. The molecule has 0 radical (unpaired) electrons. The average molecular weight is 332 g/mol. The van der Waals surface area contributed by atoms with Crippen LogP contribution in [0.2, 0.25) is 0 Å². The van der Waals surface area contributed by atoms with Crippen molar-refractivity contribution in [1.29, 1.82) is 0 Å². The van der Waals surface area contributed by atoms with Crippen LogP contribution in [-0.4, -0.2) is 20.7 Å². The van der Waals surface area contributed by atoms with Crippen LogP contribution in [0, 0.1) is 13.8 Å². The molecule has 0 heterocycles. The maximum atomic E-state index is 12.0. The second-order valence-corrected chi connectivity index (χ2v) is 7.66. The first-order chi connectivity index (χ1) is 11.0. The molecule has 2 aromatic carbocycles. The van der Waals surface area contributed by atoms with Crippen molar-refractivity contribution in [3.63, 3.8) is 0 Å². The highest BCUT2D eigenvalue weighted by Gasteiger charge is 2.09. The third-order valence-corrected chi connectivity index (χ3v) is 5.03. The van der Waals surface area contributed by atoms with E-state index in [0.717, 1.165) is 5.56 Å². The molecule has 124 valence electrons. The van der Waals surface area contributed by atoms with Crippen molar-refractivity contribution >= 4 is 10.0 Å². The van der Waals surface area contributed by atoms with Gasteiger partial charge in [0.05, 0.1) is 5.75 Å². The molecule has 0 amide bonds. The number of sulfonamides is 1. The van der Waals surface area contributed by atoms with Crippen molar-refractivity contribution < 1.29 is 8.42 Å². The molecule has 0 aliphatic heterocycles. The molecule has 0 aromatic heterocycles. The maximum Gasteiger partial charge on any atom is 0.213 e. The summed E-state index contributed by atoms with van der Waals surface area (Å²) in [5.41, 5.74) is 4.62. The maximum absolute atomic E-state index is 12.0. The smallest absolute Gasteiger partial charge is 0.213 e. The van der Waals surface area contributed by atoms with Crippen molar-refractivity contribution in [2.24, 2.45) is 0 Å². The summed E-state index contributed by atoms with van der Waals surface area (Å²) in [6, 6.07) is 15.8. The summed E-state index contributed by atoms with van der Waals surface area (Å²) in [5, 5.41) is 3.20. The molecular formula is C18H24N2O2S. The fraction of sp³-hybridized carbons (Fsp3) is 0.333. The Morgan fingerprint density at radius 1 is 0.957 bits per heavy atom. The lowest BCUT2D eigenvalue weighted by Crippen LogP contribution is -2.31. The predicted molar refractivity (Wildman–Crippen MR) is 94.7 cm³/mol. The fourth-order valence-electron chi connectivity index (χ4n) is 2.34. The Kier molecular flexibility index (Phi) is 6.33. The summed E-state index contributed by atoms with van der Waals surface area (Å²) in [7, 11) is -3.26. The van der Waals surface area contributed by atoms with Crippen molar-refractivity contribution in [3.05, 3.63) is 70.8 Å². The van der Waals surface area contributed by atoms with E-state index in [1.165, 1.54) is 16.7 Å². The molecule has 0 aliphatic carbocycles. The van der Waals surface area contributed by atoms with Gasteiger partial charge in [0.1, 0.15) is 0 Å². The first kappa shape index (κ1) is 17.7. The molecule has 0 bridgehead atoms. The van der Waals surface area contributed by atoms with Gasteiger partial charge < -0.3 is 5.32 Å². The summed E-state index contributed by atoms with van der Waals surface area (Å²) in [4.78, 5) is 0. The first-order valence-corrected chi connectivity index (χ1v) is 9.39. The van der Waals surface area contributed by atoms with E-state index in [-0.39, 0.29) is 5.75 Å². The van der Waals surface area contributed by atoms with Gasteiger partial charge in [0.2, 0.25) is 10.0 Å².